The summed E-state index contributed by atoms with van der Waals surface area (Å²) >= 11 is 0. The van der Waals surface area contributed by atoms with Gasteiger partial charge in [-0.15, -0.1) is 0 Å². The molecule has 0 spiro atoms. The lowest BCUT2D eigenvalue weighted by atomic mass is 9.92. The number of nitrogens with zero attached hydrogens (tertiary/aromatic N) is 4. The van der Waals surface area contributed by atoms with Crippen LogP contribution in [0.25, 0.3) is 11.2 Å². The lowest BCUT2D eigenvalue weighted by Gasteiger charge is -2.26. The molecule has 2 aromatic heterocycles. The van der Waals surface area contributed by atoms with Gasteiger partial charge in [-0.2, -0.15) is 4.98 Å². The molecule has 2 aliphatic rings. The summed E-state index contributed by atoms with van der Waals surface area (Å²) in [5.74, 6) is -0.194. The molecule has 5 rings (SSSR count). The summed E-state index contributed by atoms with van der Waals surface area (Å²) in [7, 11) is 0. The van der Waals surface area contributed by atoms with Crippen molar-refractivity contribution in [2.45, 2.75) is 69.5 Å². The van der Waals surface area contributed by atoms with Crippen molar-refractivity contribution in [1.82, 2.24) is 19.5 Å². The summed E-state index contributed by atoms with van der Waals surface area (Å²) in [6.07, 6.45) is 9.99. The van der Waals surface area contributed by atoms with Gasteiger partial charge < -0.3 is 16.4 Å². The van der Waals surface area contributed by atoms with Crippen LogP contribution in [-0.2, 0) is 0 Å². The van der Waals surface area contributed by atoms with E-state index in [9.17, 15) is 8.78 Å². The third-order valence-electron chi connectivity index (χ3n) is 6.41. The lowest BCUT2D eigenvalue weighted by molar-refractivity contribution is 0.410. The fraction of sp³-hybridized carbons (Fsp3) is 0.500. The quantitative estimate of drug-likeness (QED) is 0.549. The SMILES string of the molecule is N[C@H]1CC[C@H](Nc2ncc3nc(Nc4ccc(F)cc4F)n(C4CCCC4)c3n2)CC1. The van der Waals surface area contributed by atoms with E-state index in [1.807, 2.05) is 0 Å². The topological polar surface area (TPSA) is 93.7 Å². The zero-order valence-electron chi connectivity index (χ0n) is 17.3. The monoisotopic (exact) mass is 427 g/mol. The molecule has 0 saturated heterocycles. The van der Waals surface area contributed by atoms with Crippen LogP contribution in [0.15, 0.2) is 24.4 Å². The molecule has 2 aliphatic carbocycles. The molecular formula is C22H27F2N7. The minimum atomic E-state index is -0.658. The van der Waals surface area contributed by atoms with Crippen LogP contribution in [0, 0.1) is 11.6 Å². The van der Waals surface area contributed by atoms with Crippen LogP contribution in [0.4, 0.5) is 26.4 Å². The van der Waals surface area contributed by atoms with Gasteiger partial charge in [0.2, 0.25) is 11.9 Å². The number of nitrogens with two attached hydrogens (primary N) is 1. The molecule has 7 nitrogen and oxygen atoms in total. The average Bonchev–Trinajstić information content (AvgIpc) is 3.39. The van der Waals surface area contributed by atoms with Gasteiger partial charge in [0.25, 0.3) is 0 Å². The Kier molecular flexibility index (Phi) is 5.43. The van der Waals surface area contributed by atoms with Crippen molar-refractivity contribution >= 4 is 28.7 Å². The molecule has 0 atom stereocenters. The summed E-state index contributed by atoms with van der Waals surface area (Å²) in [5, 5.41) is 6.49. The molecule has 2 heterocycles. The maximum Gasteiger partial charge on any atom is 0.224 e. The average molecular weight is 428 g/mol. The Labute approximate surface area is 179 Å². The van der Waals surface area contributed by atoms with E-state index >= 15 is 0 Å². The second-order valence-electron chi connectivity index (χ2n) is 8.65. The van der Waals surface area contributed by atoms with Gasteiger partial charge in [-0.25, -0.2) is 18.7 Å². The van der Waals surface area contributed by atoms with Crippen molar-refractivity contribution in [2.75, 3.05) is 10.6 Å². The van der Waals surface area contributed by atoms with Gasteiger partial charge in [0.15, 0.2) is 5.65 Å². The number of rotatable bonds is 5. The number of imidazole rings is 1. The summed E-state index contributed by atoms with van der Waals surface area (Å²) in [6, 6.07) is 4.30. The molecule has 0 radical (unpaired) electrons. The highest BCUT2D eigenvalue weighted by molar-refractivity contribution is 5.76. The van der Waals surface area contributed by atoms with E-state index in [4.69, 9.17) is 10.7 Å². The van der Waals surface area contributed by atoms with Gasteiger partial charge in [-0.1, -0.05) is 12.8 Å². The van der Waals surface area contributed by atoms with Crippen LogP contribution < -0.4 is 16.4 Å². The van der Waals surface area contributed by atoms with E-state index in [-0.39, 0.29) is 17.8 Å². The Morgan fingerprint density at radius 3 is 2.52 bits per heavy atom. The maximum absolute atomic E-state index is 14.3. The molecule has 164 valence electrons. The van der Waals surface area contributed by atoms with Crippen molar-refractivity contribution in [3.05, 3.63) is 36.0 Å². The number of benzene rings is 1. The zero-order valence-corrected chi connectivity index (χ0v) is 17.3. The number of nitrogens with one attached hydrogen (secondary N) is 2. The van der Waals surface area contributed by atoms with Crippen LogP contribution in [0.2, 0.25) is 0 Å². The Bertz CT molecular complexity index is 1070. The van der Waals surface area contributed by atoms with Crippen molar-refractivity contribution < 1.29 is 8.78 Å². The first-order valence-corrected chi connectivity index (χ1v) is 11.1. The second kappa shape index (κ2) is 8.37. The largest absolute Gasteiger partial charge is 0.351 e. The number of hydrogen-bond donors (Lipinski definition) is 3. The first kappa shape index (κ1) is 20.1. The molecule has 3 aromatic rings. The second-order valence-corrected chi connectivity index (χ2v) is 8.65. The molecule has 0 amide bonds. The van der Waals surface area contributed by atoms with Gasteiger partial charge in [0.05, 0.1) is 11.9 Å². The highest BCUT2D eigenvalue weighted by Crippen LogP contribution is 2.36. The first-order valence-electron chi connectivity index (χ1n) is 11.1. The number of hydrogen-bond acceptors (Lipinski definition) is 6. The Morgan fingerprint density at radius 1 is 1.00 bits per heavy atom. The number of anilines is 3. The normalized spacial score (nSPS) is 22.2. The van der Waals surface area contributed by atoms with Gasteiger partial charge in [-0.3, -0.25) is 4.57 Å². The molecule has 0 unspecified atom stereocenters. The third-order valence-corrected chi connectivity index (χ3v) is 6.41. The van der Waals surface area contributed by atoms with Crippen molar-refractivity contribution in [1.29, 1.82) is 0 Å². The molecular weight excluding hydrogens is 400 g/mol. The van der Waals surface area contributed by atoms with Crippen molar-refractivity contribution in [3.8, 4) is 0 Å². The first-order chi connectivity index (χ1) is 15.1. The Balaban J connectivity index is 1.49. The van der Waals surface area contributed by atoms with Crippen LogP contribution >= 0.6 is 0 Å². The Hall–Kier alpha value is -2.81. The molecule has 4 N–H and O–H groups in total. The summed E-state index contributed by atoms with van der Waals surface area (Å²) in [5.41, 5.74) is 7.57. The molecule has 9 heteroatoms. The maximum atomic E-state index is 14.3. The number of aromatic nitrogens is 4. The van der Waals surface area contributed by atoms with E-state index in [1.54, 1.807) is 6.20 Å². The van der Waals surface area contributed by atoms with E-state index in [0.717, 1.165) is 63.1 Å². The summed E-state index contributed by atoms with van der Waals surface area (Å²) in [6.45, 7) is 0. The Morgan fingerprint density at radius 2 is 1.77 bits per heavy atom. The van der Waals surface area contributed by atoms with Gasteiger partial charge >= 0.3 is 0 Å². The molecule has 1 aromatic carbocycles. The summed E-state index contributed by atoms with van der Waals surface area (Å²) in [4.78, 5) is 13.9. The number of halogens is 2. The fourth-order valence-electron chi connectivity index (χ4n) is 4.71. The molecule has 31 heavy (non-hydrogen) atoms. The lowest BCUT2D eigenvalue weighted by Crippen LogP contribution is -2.33. The van der Waals surface area contributed by atoms with Crippen LogP contribution in [0.5, 0.6) is 0 Å². The van der Waals surface area contributed by atoms with Crippen LogP contribution in [0.3, 0.4) is 0 Å². The van der Waals surface area contributed by atoms with Gasteiger partial charge in [0, 0.05) is 24.2 Å². The van der Waals surface area contributed by atoms with E-state index in [2.05, 4.69) is 25.2 Å². The zero-order chi connectivity index (χ0) is 21.4. The predicted octanol–water partition coefficient (Wildman–Crippen LogP) is 4.65. The van der Waals surface area contributed by atoms with Crippen LogP contribution in [0.1, 0.15) is 57.4 Å². The van der Waals surface area contributed by atoms with Crippen LogP contribution in [-0.4, -0.2) is 31.6 Å². The van der Waals surface area contributed by atoms with Gasteiger partial charge in [-0.05, 0) is 50.7 Å². The molecule has 0 aliphatic heterocycles. The molecule has 2 fully saturated rings. The smallest absolute Gasteiger partial charge is 0.224 e. The number of fused-ring (bicyclic) bond motifs is 1. The van der Waals surface area contributed by atoms with Crippen molar-refractivity contribution in [3.63, 3.8) is 0 Å². The highest BCUT2D eigenvalue weighted by atomic mass is 19.1. The molecule has 0 bridgehead atoms. The van der Waals surface area contributed by atoms with Crippen molar-refractivity contribution in [2.24, 2.45) is 5.73 Å². The van der Waals surface area contributed by atoms with Gasteiger partial charge in [0.1, 0.15) is 17.2 Å². The summed E-state index contributed by atoms with van der Waals surface area (Å²) < 4.78 is 29.6. The van der Waals surface area contributed by atoms with E-state index in [1.165, 1.54) is 12.1 Å². The predicted molar refractivity (Wildman–Crippen MR) is 116 cm³/mol. The standard InChI is InChI=1S/C22H27F2N7/c23-13-5-10-18(17(24)11-13)28-22-29-19-12-26-21(27-15-8-6-14(25)7-9-15)30-20(19)31(22)16-3-1-2-4-16/h5,10-12,14-16H,1-4,6-9,25H2,(H,28,29)(H,26,27,30)/t14-,15-. The van der Waals surface area contributed by atoms with E-state index in [0.29, 0.717) is 23.5 Å². The highest BCUT2D eigenvalue weighted by Gasteiger charge is 2.25. The minimum Gasteiger partial charge on any atom is -0.351 e. The third kappa shape index (κ3) is 4.19. The minimum absolute atomic E-state index is 0.181. The molecule has 2 saturated carbocycles. The fourth-order valence-corrected chi connectivity index (χ4v) is 4.71. The van der Waals surface area contributed by atoms with E-state index < -0.39 is 11.6 Å².